The van der Waals surface area contributed by atoms with Crippen LogP contribution in [-0.2, 0) is 18.4 Å². The molecule has 1 unspecified atom stereocenters. The molecule has 2 aromatic carbocycles. The summed E-state index contributed by atoms with van der Waals surface area (Å²) in [5.41, 5.74) is 2.04. The van der Waals surface area contributed by atoms with E-state index >= 15 is 0 Å². The van der Waals surface area contributed by atoms with E-state index in [4.69, 9.17) is 16.6 Å². The van der Waals surface area contributed by atoms with Crippen molar-refractivity contribution in [2.24, 2.45) is 7.05 Å². The van der Waals surface area contributed by atoms with Crippen LogP contribution in [0.4, 0.5) is 0 Å². The van der Waals surface area contributed by atoms with Crippen LogP contribution >= 0.6 is 11.6 Å². The summed E-state index contributed by atoms with van der Waals surface area (Å²) in [4.78, 5) is 29.2. The van der Waals surface area contributed by atoms with E-state index in [1.54, 1.807) is 31.5 Å². The highest BCUT2D eigenvalue weighted by Crippen LogP contribution is 2.24. The zero-order valence-electron chi connectivity index (χ0n) is 16.1. The van der Waals surface area contributed by atoms with E-state index in [-0.39, 0.29) is 17.7 Å². The van der Waals surface area contributed by atoms with Gasteiger partial charge in [0.05, 0.1) is 16.5 Å². The van der Waals surface area contributed by atoms with Gasteiger partial charge in [0.15, 0.2) is 0 Å². The van der Waals surface area contributed by atoms with Crippen LogP contribution in [0.3, 0.4) is 0 Å². The summed E-state index contributed by atoms with van der Waals surface area (Å²) in [6.07, 6.45) is 4.26. The van der Waals surface area contributed by atoms with E-state index in [2.05, 4.69) is 10.6 Å². The summed E-state index contributed by atoms with van der Waals surface area (Å²) in [5, 5.41) is 16.4. The van der Waals surface area contributed by atoms with Gasteiger partial charge in [-0.2, -0.15) is 0 Å². The fraction of sp³-hybridized carbons (Fsp3) is 0.136. The largest absolute Gasteiger partial charge is 0.478 e. The highest BCUT2D eigenvalue weighted by atomic mass is 35.5. The lowest BCUT2D eigenvalue weighted by Gasteiger charge is -2.22. The number of aromatic nitrogens is 2. The minimum Gasteiger partial charge on any atom is -0.478 e. The Bertz CT molecular complexity index is 1250. The van der Waals surface area contributed by atoms with Crippen molar-refractivity contribution in [1.82, 2.24) is 20.2 Å². The lowest BCUT2D eigenvalue weighted by molar-refractivity contribution is -0.133. The Morgan fingerprint density at radius 1 is 1.30 bits per heavy atom. The third-order valence-corrected chi connectivity index (χ3v) is 5.16. The highest BCUT2D eigenvalue weighted by Gasteiger charge is 2.21. The Morgan fingerprint density at radius 2 is 2.07 bits per heavy atom. The molecule has 1 aromatic heterocycles. The molecule has 4 rings (SSSR count). The lowest BCUT2D eigenvalue weighted by Crippen LogP contribution is -2.44. The van der Waals surface area contributed by atoms with E-state index in [9.17, 15) is 14.7 Å². The van der Waals surface area contributed by atoms with Crippen LogP contribution in [-0.4, -0.2) is 26.8 Å². The van der Waals surface area contributed by atoms with E-state index < -0.39 is 12.1 Å². The number of fused-ring (bicyclic) bond motifs is 1. The first kappa shape index (κ1) is 19.9. The van der Waals surface area contributed by atoms with Crippen molar-refractivity contribution >= 4 is 28.5 Å². The highest BCUT2D eigenvalue weighted by molar-refractivity contribution is 6.31. The summed E-state index contributed by atoms with van der Waals surface area (Å²) >= 11 is 6.27. The first-order valence-electron chi connectivity index (χ1n) is 9.30. The molecule has 0 fully saturated rings. The fourth-order valence-corrected chi connectivity index (χ4v) is 3.69. The number of carbonyl (C=O) groups is 1. The van der Waals surface area contributed by atoms with Crippen molar-refractivity contribution in [3.63, 3.8) is 0 Å². The van der Waals surface area contributed by atoms with E-state index in [1.807, 2.05) is 30.3 Å². The molecular weight excluding hydrogens is 404 g/mol. The molecule has 0 aliphatic carbocycles. The number of hydrogen-bond donors (Lipinski definition) is 3. The number of nitrogens with zero attached hydrogens (tertiary/aromatic N) is 2. The Morgan fingerprint density at radius 3 is 2.80 bits per heavy atom. The van der Waals surface area contributed by atoms with Gasteiger partial charge in [-0.05, 0) is 36.0 Å². The van der Waals surface area contributed by atoms with E-state index in [1.165, 1.54) is 10.6 Å². The molecule has 8 heteroatoms. The van der Waals surface area contributed by atoms with Crippen LogP contribution < -0.4 is 16.2 Å². The Labute approximate surface area is 177 Å². The van der Waals surface area contributed by atoms with Crippen LogP contribution in [0.2, 0.25) is 5.02 Å². The molecule has 0 saturated carbocycles. The molecule has 1 atom stereocenters. The van der Waals surface area contributed by atoms with Gasteiger partial charge in [-0.15, -0.1) is 0 Å². The van der Waals surface area contributed by atoms with Gasteiger partial charge < -0.3 is 10.4 Å². The van der Waals surface area contributed by atoms with Gasteiger partial charge in [-0.1, -0.05) is 41.9 Å². The Hall–Kier alpha value is -3.42. The van der Waals surface area contributed by atoms with Crippen molar-refractivity contribution in [3.8, 4) is 11.4 Å². The van der Waals surface area contributed by atoms with Crippen LogP contribution in [0.15, 0.2) is 71.2 Å². The Kier molecular flexibility index (Phi) is 5.39. The average Bonchev–Trinajstić information content (AvgIpc) is 2.75. The van der Waals surface area contributed by atoms with Gasteiger partial charge in [-0.3, -0.25) is 14.7 Å². The van der Waals surface area contributed by atoms with Gasteiger partial charge in [0.1, 0.15) is 12.0 Å². The minimum absolute atomic E-state index is 0.192. The van der Waals surface area contributed by atoms with Crippen LogP contribution in [0, 0.1) is 0 Å². The normalized spacial score (nSPS) is 15.7. The zero-order chi connectivity index (χ0) is 21.3. The quantitative estimate of drug-likeness (QED) is 0.585. The number of nitrogens with one attached hydrogen (secondary N) is 2. The molecule has 0 amide bonds. The zero-order valence-corrected chi connectivity index (χ0v) is 16.8. The number of dihydropyridines is 1. The van der Waals surface area contributed by atoms with Gasteiger partial charge in [-0.25, -0.2) is 9.78 Å². The molecule has 1 aliphatic rings. The van der Waals surface area contributed by atoms with Gasteiger partial charge in [0.2, 0.25) is 0 Å². The molecule has 0 radical (unpaired) electrons. The summed E-state index contributed by atoms with van der Waals surface area (Å²) in [7, 11) is 1.68. The maximum atomic E-state index is 13.0. The molecule has 0 saturated heterocycles. The lowest BCUT2D eigenvalue weighted by atomic mass is 10.1. The van der Waals surface area contributed by atoms with Gasteiger partial charge >= 0.3 is 5.97 Å². The van der Waals surface area contributed by atoms with Crippen molar-refractivity contribution in [1.29, 1.82) is 0 Å². The molecule has 2 heterocycles. The standard InChI is InChI=1S/C22H19ClN4O3/c1-27-20(13-6-3-2-4-7-13)26-18-14(10-15(23)11-17(18)21(27)28)12-25-19-16(22(29)30)8-5-9-24-19/h2-11,19,24-25H,12H2,1H3,(H,29,30). The number of benzene rings is 2. The maximum absolute atomic E-state index is 13.0. The Balaban J connectivity index is 1.77. The number of allylic oxidation sites excluding steroid dienone is 2. The first-order valence-corrected chi connectivity index (χ1v) is 9.67. The summed E-state index contributed by atoms with van der Waals surface area (Å²) in [6, 6.07) is 12.8. The SMILES string of the molecule is Cn1c(-c2ccccc2)nc2c(CNC3NC=CC=C3C(=O)O)cc(Cl)cc2c1=O. The van der Waals surface area contributed by atoms with E-state index in [0.29, 0.717) is 27.3 Å². The molecular formula is C22H19ClN4O3. The van der Waals surface area contributed by atoms with Gasteiger partial charge in [0, 0.05) is 24.2 Å². The third-order valence-electron chi connectivity index (χ3n) is 4.95. The summed E-state index contributed by atoms with van der Waals surface area (Å²) < 4.78 is 1.50. The average molecular weight is 423 g/mol. The predicted octanol–water partition coefficient (Wildman–Crippen LogP) is 2.80. The van der Waals surface area contributed by atoms with Crippen molar-refractivity contribution in [3.05, 3.63) is 87.3 Å². The van der Waals surface area contributed by atoms with E-state index in [0.717, 1.165) is 5.56 Å². The number of carboxylic acid groups (broad SMARTS) is 1. The topological polar surface area (TPSA) is 96.2 Å². The number of carboxylic acids is 1. The maximum Gasteiger partial charge on any atom is 0.335 e. The second kappa shape index (κ2) is 8.14. The molecule has 3 N–H and O–H groups in total. The molecule has 0 spiro atoms. The van der Waals surface area contributed by atoms with Crippen molar-refractivity contribution in [2.45, 2.75) is 12.7 Å². The molecule has 0 bridgehead atoms. The third kappa shape index (κ3) is 3.72. The molecule has 152 valence electrons. The van der Waals surface area contributed by atoms with Crippen LogP contribution in [0.1, 0.15) is 5.56 Å². The molecule has 1 aliphatic heterocycles. The first-order chi connectivity index (χ1) is 14.5. The second-order valence-corrected chi connectivity index (χ2v) is 7.33. The van der Waals surface area contributed by atoms with Gasteiger partial charge in [0.25, 0.3) is 5.56 Å². The van der Waals surface area contributed by atoms with Crippen LogP contribution in [0.25, 0.3) is 22.3 Å². The summed E-state index contributed by atoms with van der Waals surface area (Å²) in [5.74, 6) is -0.472. The predicted molar refractivity (Wildman–Crippen MR) is 116 cm³/mol. The number of aliphatic carboxylic acids is 1. The molecule has 3 aromatic rings. The summed E-state index contributed by atoms with van der Waals surface area (Å²) in [6.45, 7) is 0.265. The molecule has 30 heavy (non-hydrogen) atoms. The van der Waals surface area contributed by atoms with Crippen molar-refractivity contribution in [2.75, 3.05) is 0 Å². The fourth-order valence-electron chi connectivity index (χ4n) is 3.45. The number of halogens is 1. The minimum atomic E-state index is -1.02. The molecule has 7 nitrogen and oxygen atoms in total. The van der Waals surface area contributed by atoms with Crippen molar-refractivity contribution < 1.29 is 9.90 Å². The van der Waals surface area contributed by atoms with Crippen LogP contribution in [0.5, 0.6) is 0 Å². The monoisotopic (exact) mass is 422 g/mol. The number of hydrogen-bond acceptors (Lipinski definition) is 5. The smallest absolute Gasteiger partial charge is 0.335 e. The number of rotatable bonds is 5. The second-order valence-electron chi connectivity index (χ2n) is 6.89.